The Morgan fingerprint density at radius 2 is 1.88 bits per heavy atom. The zero-order valence-electron chi connectivity index (χ0n) is 9.28. The minimum absolute atomic E-state index is 0.271. The highest BCUT2D eigenvalue weighted by molar-refractivity contribution is 8.12. The highest BCUT2D eigenvalue weighted by Crippen LogP contribution is 2.46. The van der Waals surface area contributed by atoms with E-state index in [1.165, 1.54) is 6.42 Å². The molecule has 1 amide bonds. The molecule has 2 fully saturated rings. The number of hydrogen-bond acceptors (Lipinski definition) is 3. The summed E-state index contributed by atoms with van der Waals surface area (Å²) in [7, 11) is 1.39. The second-order valence-corrected chi connectivity index (χ2v) is 7.33. The average molecular weight is 266 g/mol. The fraction of sp³-hybridized carbons (Fsp3) is 0.900. The van der Waals surface area contributed by atoms with E-state index in [4.69, 9.17) is 10.7 Å². The van der Waals surface area contributed by atoms with Gasteiger partial charge in [0.2, 0.25) is 5.91 Å². The molecule has 1 unspecified atom stereocenters. The van der Waals surface area contributed by atoms with Crippen LogP contribution >= 0.6 is 10.7 Å². The van der Waals surface area contributed by atoms with Crippen molar-refractivity contribution in [3.63, 3.8) is 0 Å². The van der Waals surface area contributed by atoms with Crippen LogP contribution < -0.4 is 0 Å². The highest BCUT2D eigenvalue weighted by Gasteiger charge is 2.57. The Balaban J connectivity index is 2.22. The van der Waals surface area contributed by atoms with Crippen molar-refractivity contribution >= 4 is 25.8 Å². The maximum absolute atomic E-state index is 11.4. The first-order valence-corrected chi connectivity index (χ1v) is 7.90. The standard InChI is InChI=1S/C10H16ClNO3S/c1-10(8-5-3-2-4-6-8)7-9(13)12(10)16(11,14)15/h8H,2-7H2,1H3. The van der Waals surface area contributed by atoms with E-state index in [0.29, 0.717) is 6.42 Å². The van der Waals surface area contributed by atoms with Crippen LogP contribution in [0.15, 0.2) is 0 Å². The summed E-state index contributed by atoms with van der Waals surface area (Å²) in [5.74, 6) is -0.101. The third kappa shape index (κ3) is 1.84. The Hall–Kier alpha value is -0.290. The average Bonchev–Trinajstić information content (AvgIpc) is 2.15. The lowest BCUT2D eigenvalue weighted by Crippen LogP contribution is -2.66. The summed E-state index contributed by atoms with van der Waals surface area (Å²) in [4.78, 5) is 11.4. The minimum Gasteiger partial charge on any atom is -0.274 e. The van der Waals surface area contributed by atoms with Gasteiger partial charge in [-0.1, -0.05) is 19.3 Å². The van der Waals surface area contributed by atoms with Gasteiger partial charge in [-0.15, -0.1) is 0 Å². The van der Waals surface area contributed by atoms with Gasteiger partial charge in [-0.2, -0.15) is 8.42 Å². The predicted molar refractivity (Wildman–Crippen MR) is 61.2 cm³/mol. The maximum Gasteiger partial charge on any atom is 0.324 e. The van der Waals surface area contributed by atoms with Crippen molar-refractivity contribution in [3.05, 3.63) is 0 Å². The van der Waals surface area contributed by atoms with Crippen molar-refractivity contribution in [3.8, 4) is 0 Å². The van der Waals surface area contributed by atoms with Crippen LogP contribution in [0.5, 0.6) is 0 Å². The van der Waals surface area contributed by atoms with Gasteiger partial charge in [-0.05, 0) is 25.7 Å². The molecule has 0 aromatic rings. The third-order valence-electron chi connectivity index (χ3n) is 3.90. The molecule has 0 aromatic carbocycles. The van der Waals surface area contributed by atoms with Gasteiger partial charge < -0.3 is 0 Å². The monoisotopic (exact) mass is 265 g/mol. The lowest BCUT2D eigenvalue weighted by molar-refractivity contribution is -0.148. The molecule has 16 heavy (non-hydrogen) atoms. The summed E-state index contributed by atoms with van der Waals surface area (Å²) < 4.78 is 23.6. The fourth-order valence-electron chi connectivity index (χ4n) is 3.05. The molecule has 92 valence electrons. The number of amides is 1. The molecule has 1 heterocycles. The SMILES string of the molecule is CC1(C2CCCCC2)CC(=O)N1S(=O)(=O)Cl. The van der Waals surface area contributed by atoms with Crippen molar-refractivity contribution in [2.24, 2.45) is 5.92 Å². The largest absolute Gasteiger partial charge is 0.324 e. The topological polar surface area (TPSA) is 54.5 Å². The zero-order valence-corrected chi connectivity index (χ0v) is 10.9. The second-order valence-electron chi connectivity index (χ2n) is 4.97. The van der Waals surface area contributed by atoms with Crippen LogP contribution in [0.25, 0.3) is 0 Å². The molecular formula is C10H16ClNO3S. The van der Waals surface area contributed by atoms with Crippen molar-refractivity contribution in [2.75, 3.05) is 0 Å². The van der Waals surface area contributed by atoms with E-state index >= 15 is 0 Å². The van der Waals surface area contributed by atoms with Gasteiger partial charge in [0.15, 0.2) is 0 Å². The summed E-state index contributed by atoms with van der Waals surface area (Å²) in [6, 6.07) is 0. The highest BCUT2D eigenvalue weighted by atomic mass is 35.7. The van der Waals surface area contributed by atoms with Crippen LogP contribution in [0.3, 0.4) is 0 Å². The number of halogens is 1. The van der Waals surface area contributed by atoms with Crippen LogP contribution in [0.1, 0.15) is 45.4 Å². The first-order valence-electron chi connectivity index (χ1n) is 5.63. The Bertz CT molecular complexity index is 402. The molecule has 6 heteroatoms. The second kappa shape index (κ2) is 3.88. The van der Waals surface area contributed by atoms with E-state index in [0.717, 1.165) is 30.0 Å². The summed E-state index contributed by atoms with van der Waals surface area (Å²) in [6.45, 7) is 1.84. The molecule has 1 aliphatic carbocycles. The predicted octanol–water partition coefficient (Wildman–Crippen LogP) is 2.04. The van der Waals surface area contributed by atoms with E-state index in [9.17, 15) is 13.2 Å². The lowest BCUT2D eigenvalue weighted by atomic mass is 9.70. The molecule has 0 bridgehead atoms. The van der Waals surface area contributed by atoms with Crippen LogP contribution in [0, 0.1) is 5.92 Å². The first-order chi connectivity index (χ1) is 7.36. The van der Waals surface area contributed by atoms with E-state index in [1.807, 2.05) is 6.92 Å². The zero-order chi connectivity index (χ0) is 12.0. The minimum atomic E-state index is -3.92. The van der Waals surface area contributed by atoms with Gasteiger partial charge in [-0.3, -0.25) is 4.79 Å². The molecule has 2 rings (SSSR count). The van der Waals surface area contributed by atoms with E-state index < -0.39 is 14.8 Å². The number of hydrogen-bond donors (Lipinski definition) is 0. The number of rotatable bonds is 2. The summed E-state index contributed by atoms with van der Waals surface area (Å²) in [5, 5.41) is 0. The smallest absolute Gasteiger partial charge is 0.274 e. The fourth-order valence-corrected chi connectivity index (χ4v) is 4.77. The van der Waals surface area contributed by atoms with Crippen molar-refractivity contribution in [1.29, 1.82) is 0 Å². The Labute approximate surface area is 101 Å². The van der Waals surface area contributed by atoms with Crippen molar-refractivity contribution in [2.45, 2.75) is 51.0 Å². The lowest BCUT2D eigenvalue weighted by Gasteiger charge is -2.52. The molecular weight excluding hydrogens is 250 g/mol. The van der Waals surface area contributed by atoms with E-state index in [1.54, 1.807) is 0 Å². The van der Waals surface area contributed by atoms with Gasteiger partial charge in [0.25, 0.3) is 0 Å². The molecule has 2 aliphatic rings. The molecule has 0 aromatic heterocycles. The van der Waals surface area contributed by atoms with Gasteiger partial charge >= 0.3 is 9.24 Å². The van der Waals surface area contributed by atoms with Crippen LogP contribution in [0.2, 0.25) is 0 Å². The van der Waals surface area contributed by atoms with Gasteiger partial charge in [0.05, 0.1) is 12.0 Å². The normalized spacial score (nSPS) is 32.6. The van der Waals surface area contributed by atoms with Gasteiger partial charge in [0.1, 0.15) is 0 Å². The number of carbonyl (C=O) groups excluding carboxylic acids is 1. The quantitative estimate of drug-likeness (QED) is 0.567. The molecule has 0 N–H and O–H groups in total. The van der Waals surface area contributed by atoms with Crippen LogP contribution in [0.4, 0.5) is 0 Å². The summed E-state index contributed by atoms with van der Waals surface area (Å²) in [5.41, 5.74) is -0.571. The Kier molecular flexibility index (Phi) is 2.95. The Morgan fingerprint density at radius 3 is 2.31 bits per heavy atom. The summed E-state index contributed by atoms with van der Waals surface area (Å²) in [6.07, 6.45) is 5.73. The van der Waals surface area contributed by atoms with Gasteiger partial charge in [0, 0.05) is 10.7 Å². The van der Waals surface area contributed by atoms with E-state index in [2.05, 4.69) is 0 Å². The molecule has 4 nitrogen and oxygen atoms in total. The molecule has 1 saturated heterocycles. The molecule has 0 spiro atoms. The van der Waals surface area contributed by atoms with Crippen LogP contribution in [-0.2, 0) is 14.0 Å². The molecule has 1 atom stereocenters. The van der Waals surface area contributed by atoms with Crippen molar-refractivity contribution < 1.29 is 13.2 Å². The third-order valence-corrected chi connectivity index (χ3v) is 5.37. The van der Waals surface area contributed by atoms with Crippen LogP contribution in [-0.4, -0.2) is 24.2 Å². The summed E-state index contributed by atoms with van der Waals surface area (Å²) >= 11 is 0. The number of nitrogens with zero attached hydrogens (tertiary/aromatic N) is 1. The number of carbonyl (C=O) groups is 1. The molecule has 1 aliphatic heterocycles. The molecule has 0 radical (unpaired) electrons. The Morgan fingerprint density at radius 1 is 1.31 bits per heavy atom. The maximum atomic E-state index is 11.4. The van der Waals surface area contributed by atoms with Gasteiger partial charge in [-0.25, -0.2) is 4.31 Å². The first kappa shape index (κ1) is 12.2. The molecule has 1 saturated carbocycles. The number of β-lactam (4-membered cyclic amide) rings is 1. The van der Waals surface area contributed by atoms with Crippen molar-refractivity contribution in [1.82, 2.24) is 4.31 Å². The van der Waals surface area contributed by atoms with E-state index in [-0.39, 0.29) is 11.8 Å².